The zero-order chi connectivity index (χ0) is 35.9. The van der Waals surface area contributed by atoms with E-state index in [0.29, 0.717) is 30.1 Å². The van der Waals surface area contributed by atoms with E-state index in [1.165, 1.54) is 35.8 Å². The highest BCUT2D eigenvalue weighted by atomic mass is 32.2. The average molecular weight is 713 g/mol. The molecule has 0 fully saturated rings. The van der Waals surface area contributed by atoms with Crippen LogP contribution in [0.2, 0.25) is 0 Å². The number of aryl methyl sites for hydroxylation is 2. The summed E-state index contributed by atoms with van der Waals surface area (Å²) in [4.78, 5) is 13.5. The van der Waals surface area contributed by atoms with Gasteiger partial charge < -0.3 is 4.74 Å². The number of aromatic amines is 1. The van der Waals surface area contributed by atoms with Crippen molar-refractivity contribution in [1.29, 1.82) is 5.26 Å². The molecule has 49 heavy (non-hydrogen) atoms. The van der Waals surface area contributed by atoms with E-state index in [9.17, 15) is 41.3 Å². The molecule has 256 valence electrons. The molecule has 5 aromatic rings. The van der Waals surface area contributed by atoms with Crippen molar-refractivity contribution in [2.45, 2.75) is 55.7 Å². The Labute approximate surface area is 278 Å². The first-order valence-electron chi connectivity index (χ1n) is 14.2. The molecule has 19 nitrogen and oxygen atoms in total. The van der Waals surface area contributed by atoms with Crippen LogP contribution in [0.4, 0.5) is 17.2 Å². The Kier molecular flexibility index (Phi) is 9.09. The van der Waals surface area contributed by atoms with E-state index in [1.807, 2.05) is 26.8 Å². The number of hydrogen-bond donors (Lipinski definition) is 3. The number of aromatic nitrogens is 6. The van der Waals surface area contributed by atoms with E-state index in [1.54, 1.807) is 0 Å². The Morgan fingerprint density at radius 1 is 1.06 bits per heavy atom. The van der Waals surface area contributed by atoms with Crippen LogP contribution in [-0.2, 0) is 32.1 Å². The van der Waals surface area contributed by atoms with Crippen LogP contribution in [0.3, 0.4) is 0 Å². The highest BCUT2D eigenvalue weighted by Gasteiger charge is 2.28. The highest BCUT2D eigenvalue weighted by molar-refractivity contribution is 7.86. The first-order valence-corrected chi connectivity index (χ1v) is 17.1. The van der Waals surface area contributed by atoms with Gasteiger partial charge in [-0.25, -0.2) is 9.67 Å². The van der Waals surface area contributed by atoms with E-state index in [-0.39, 0.29) is 40.7 Å². The molecule has 0 amide bonds. The monoisotopic (exact) mass is 712 g/mol. The molecule has 0 saturated carbocycles. The van der Waals surface area contributed by atoms with Crippen molar-refractivity contribution in [1.82, 2.24) is 29.6 Å². The molecule has 0 atom stereocenters. The van der Waals surface area contributed by atoms with Gasteiger partial charge in [0.25, 0.3) is 25.9 Å². The molecule has 0 aliphatic rings. The van der Waals surface area contributed by atoms with Crippen molar-refractivity contribution >= 4 is 43.1 Å². The quantitative estimate of drug-likeness (QED) is 0.0558. The molecule has 5 rings (SSSR count). The molecule has 0 aliphatic heterocycles. The number of hydrogen-bond acceptors (Lipinski definition) is 13. The van der Waals surface area contributed by atoms with Gasteiger partial charge in [0, 0.05) is 24.0 Å². The molecule has 0 unspecified atom stereocenters. The van der Waals surface area contributed by atoms with E-state index in [2.05, 4.69) is 30.5 Å². The summed E-state index contributed by atoms with van der Waals surface area (Å²) in [5.74, 6) is 0.584. The minimum atomic E-state index is -4.96. The van der Waals surface area contributed by atoms with Gasteiger partial charge in [0.05, 0.1) is 33.5 Å². The molecule has 0 radical (unpaired) electrons. The fourth-order valence-corrected chi connectivity index (χ4v) is 5.86. The molecular weight excluding hydrogens is 685 g/mol. The molecule has 0 bridgehead atoms. The van der Waals surface area contributed by atoms with Crippen molar-refractivity contribution < 1.29 is 35.6 Å². The fraction of sp³-hybridized carbons (Fsp3) is 0.286. The van der Waals surface area contributed by atoms with E-state index in [0.717, 1.165) is 22.9 Å². The Hall–Kier alpha value is -5.56. The minimum Gasteiger partial charge on any atom is -0.494 e. The largest absolute Gasteiger partial charge is 0.494 e. The molecule has 21 heteroatoms. The van der Waals surface area contributed by atoms with Gasteiger partial charge in [0.15, 0.2) is 17.3 Å². The van der Waals surface area contributed by atoms with E-state index >= 15 is 0 Å². The van der Waals surface area contributed by atoms with Crippen molar-refractivity contribution in [3.63, 3.8) is 0 Å². The maximum atomic E-state index is 12.2. The van der Waals surface area contributed by atoms with Gasteiger partial charge in [-0.15, -0.1) is 15.3 Å². The Morgan fingerprint density at radius 2 is 1.76 bits per heavy atom. The molecule has 3 aromatic heterocycles. The lowest BCUT2D eigenvalue weighted by Gasteiger charge is -2.16. The lowest BCUT2D eigenvalue weighted by molar-refractivity contribution is -0.384. The molecule has 3 heterocycles. The van der Waals surface area contributed by atoms with Crippen LogP contribution in [0, 0.1) is 28.4 Å². The maximum Gasteiger partial charge on any atom is 0.296 e. The molecule has 0 saturated heterocycles. The average Bonchev–Trinajstić information content (AvgIpc) is 3.67. The summed E-state index contributed by atoms with van der Waals surface area (Å²) in [5.41, 5.74) is -0.138. The van der Waals surface area contributed by atoms with Crippen molar-refractivity contribution in [2.24, 2.45) is 10.2 Å². The number of nitrogens with one attached hydrogen (secondary N) is 1. The number of ether oxygens (including phenoxy) is 1. The van der Waals surface area contributed by atoms with Crippen LogP contribution in [0.15, 0.2) is 62.5 Å². The predicted molar refractivity (Wildman–Crippen MR) is 170 cm³/mol. The second-order valence-electron chi connectivity index (χ2n) is 11.6. The summed E-state index contributed by atoms with van der Waals surface area (Å²) in [5, 5.41) is 41.2. The summed E-state index contributed by atoms with van der Waals surface area (Å²) in [6.45, 7) is 7.38. The number of rotatable bonds is 11. The van der Waals surface area contributed by atoms with Crippen LogP contribution in [0.25, 0.3) is 11.3 Å². The zero-order valence-corrected chi connectivity index (χ0v) is 27.9. The number of nitro groups is 1. The van der Waals surface area contributed by atoms with Gasteiger partial charge in [-0.3, -0.25) is 24.3 Å². The topological polar surface area (TPSA) is 273 Å². The van der Waals surface area contributed by atoms with Crippen molar-refractivity contribution in [3.05, 3.63) is 75.4 Å². The number of azo groups is 1. The van der Waals surface area contributed by atoms with Crippen molar-refractivity contribution in [2.75, 3.05) is 6.61 Å². The van der Waals surface area contributed by atoms with Gasteiger partial charge in [-0.1, -0.05) is 20.8 Å². The third-order valence-electron chi connectivity index (χ3n) is 7.06. The third-order valence-corrected chi connectivity index (χ3v) is 8.81. The first-order chi connectivity index (χ1) is 22.9. The molecule has 0 spiro atoms. The smallest absolute Gasteiger partial charge is 0.296 e. The third kappa shape index (κ3) is 7.31. The number of nitriles is 1. The summed E-state index contributed by atoms with van der Waals surface area (Å²) < 4.78 is 75.6. The summed E-state index contributed by atoms with van der Waals surface area (Å²) in [6, 6.07) is 9.91. The molecule has 0 aliphatic carbocycles. The summed E-state index contributed by atoms with van der Waals surface area (Å²) in [6.07, 6.45) is 0.882. The number of H-pyrrole nitrogens is 1. The van der Waals surface area contributed by atoms with Gasteiger partial charge in [0.2, 0.25) is 5.65 Å². The zero-order valence-electron chi connectivity index (χ0n) is 26.3. The standard InChI is InChI=1S/C28H28N10O9S2/c1-16-20(15-29)26(36(33-16)21-14-19(48(41,42)43)11-12-22(21)49(44,45)46)32-31-24-25(28(2,3)4)35-37-27(24)30-23(34-37)6-5-13-47-18-9-7-17(8-10-18)38(39)40/h7-12,14,35H,5-6,13H2,1-4H3,(H,41,42,43)(H,44,45,46). The summed E-state index contributed by atoms with van der Waals surface area (Å²) >= 11 is 0. The molecule has 3 N–H and O–H groups in total. The number of nitrogens with zero attached hydrogens (tertiary/aromatic N) is 9. The minimum absolute atomic E-state index is 0.0511. The van der Waals surface area contributed by atoms with E-state index in [4.69, 9.17) is 4.74 Å². The van der Waals surface area contributed by atoms with Gasteiger partial charge in [-0.05, 0) is 43.7 Å². The molecular formula is C28H28N10O9S2. The van der Waals surface area contributed by atoms with Gasteiger partial charge in [-0.2, -0.15) is 31.8 Å². The van der Waals surface area contributed by atoms with Crippen LogP contribution in [-0.4, -0.2) is 67.1 Å². The number of benzene rings is 2. The maximum absolute atomic E-state index is 12.2. The van der Waals surface area contributed by atoms with Gasteiger partial charge >= 0.3 is 0 Å². The number of fused-ring (bicyclic) bond motifs is 1. The van der Waals surface area contributed by atoms with Crippen LogP contribution in [0.5, 0.6) is 5.75 Å². The second-order valence-corrected chi connectivity index (χ2v) is 14.5. The van der Waals surface area contributed by atoms with Crippen LogP contribution < -0.4 is 4.74 Å². The predicted octanol–water partition coefficient (Wildman–Crippen LogP) is 4.55. The first kappa shape index (κ1) is 34.8. The summed E-state index contributed by atoms with van der Waals surface area (Å²) in [7, 11) is -9.79. The Morgan fingerprint density at radius 3 is 2.35 bits per heavy atom. The number of non-ortho nitro benzene ring substituents is 1. The fourth-order valence-electron chi connectivity index (χ4n) is 4.71. The SMILES string of the molecule is Cc1nn(-c2cc(S(=O)(=O)O)ccc2S(=O)(=O)O)c(N=Nc2c(C(C)(C)C)[nH]n3nc(CCCOc4ccc([N+](=O)[O-])cc4)nc23)c1C#N. The van der Waals surface area contributed by atoms with Crippen molar-refractivity contribution in [3.8, 4) is 17.5 Å². The highest BCUT2D eigenvalue weighted by Crippen LogP contribution is 2.37. The lowest BCUT2D eigenvalue weighted by Crippen LogP contribution is -2.12. The van der Waals surface area contributed by atoms with Crippen LogP contribution >= 0.6 is 0 Å². The Balaban J connectivity index is 1.51. The Bertz CT molecular complexity index is 2380. The number of nitro benzene ring substituents is 1. The van der Waals surface area contributed by atoms with Crippen LogP contribution in [0.1, 0.15) is 50.0 Å². The lowest BCUT2D eigenvalue weighted by atomic mass is 9.91. The van der Waals surface area contributed by atoms with E-state index < -0.39 is 46.1 Å². The van der Waals surface area contributed by atoms with Gasteiger partial charge in [0.1, 0.15) is 22.3 Å². The normalized spacial score (nSPS) is 12.5. The molecule has 2 aromatic carbocycles. The second kappa shape index (κ2) is 12.8.